The minimum absolute atomic E-state index is 0.0549. The second kappa shape index (κ2) is 7.41. The summed E-state index contributed by atoms with van der Waals surface area (Å²) < 4.78 is 11.9. The van der Waals surface area contributed by atoms with Crippen LogP contribution in [0.4, 0.5) is 0 Å². The third-order valence-electron chi connectivity index (χ3n) is 3.30. The molecule has 10 nitrogen and oxygen atoms in total. The summed E-state index contributed by atoms with van der Waals surface area (Å²) in [5.41, 5.74) is -0.800. The zero-order valence-corrected chi connectivity index (χ0v) is 13.6. The minimum Gasteiger partial charge on any atom is -0.463 e. The summed E-state index contributed by atoms with van der Waals surface area (Å²) in [4.78, 5) is 52.9. The Morgan fingerprint density at radius 3 is 2.62 bits per heavy atom. The lowest BCUT2D eigenvalue weighted by Crippen LogP contribution is -2.50. The molecule has 2 heterocycles. The van der Waals surface area contributed by atoms with E-state index < -0.39 is 35.5 Å². The van der Waals surface area contributed by atoms with E-state index in [0.717, 1.165) is 0 Å². The lowest BCUT2D eigenvalue weighted by Gasteiger charge is -2.36. The first-order chi connectivity index (χ1) is 11.3. The number of morpholine rings is 1. The van der Waals surface area contributed by atoms with Crippen molar-refractivity contribution in [1.29, 1.82) is 0 Å². The number of carbonyl (C=O) groups is 2. The summed E-state index contributed by atoms with van der Waals surface area (Å²) in [7, 11) is 0. The van der Waals surface area contributed by atoms with Gasteiger partial charge < -0.3 is 14.3 Å². The van der Waals surface area contributed by atoms with Crippen LogP contribution >= 0.6 is 0 Å². The molecule has 1 N–H and O–H groups in total. The summed E-state index contributed by atoms with van der Waals surface area (Å²) in [6.45, 7) is 4.28. The first kappa shape index (κ1) is 17.9. The van der Waals surface area contributed by atoms with Crippen molar-refractivity contribution in [2.24, 2.45) is 0 Å². The van der Waals surface area contributed by atoms with Gasteiger partial charge in [0.25, 0.3) is 5.56 Å². The van der Waals surface area contributed by atoms with Crippen LogP contribution in [0.3, 0.4) is 0 Å². The van der Waals surface area contributed by atoms with Crippen molar-refractivity contribution in [3.63, 3.8) is 0 Å². The summed E-state index contributed by atoms with van der Waals surface area (Å²) in [6, 6.07) is 0. The summed E-state index contributed by atoms with van der Waals surface area (Å²) >= 11 is 0. The van der Waals surface area contributed by atoms with Gasteiger partial charge in [-0.3, -0.25) is 23.9 Å². The number of esters is 1. The van der Waals surface area contributed by atoms with Gasteiger partial charge in [-0.15, -0.1) is 5.06 Å². The topological polar surface area (TPSA) is 120 Å². The first-order valence-corrected chi connectivity index (χ1v) is 7.30. The highest BCUT2D eigenvalue weighted by atomic mass is 16.7. The molecule has 0 spiro atoms. The van der Waals surface area contributed by atoms with E-state index in [4.69, 9.17) is 14.3 Å². The van der Waals surface area contributed by atoms with E-state index in [0.29, 0.717) is 5.56 Å². The minimum atomic E-state index is -0.818. The Morgan fingerprint density at radius 2 is 2.00 bits per heavy atom. The second-order valence-corrected chi connectivity index (χ2v) is 5.42. The van der Waals surface area contributed by atoms with Crippen LogP contribution in [-0.2, 0) is 23.9 Å². The van der Waals surface area contributed by atoms with Gasteiger partial charge in [-0.1, -0.05) is 0 Å². The normalized spacial score (nSPS) is 21.3. The smallest absolute Gasteiger partial charge is 0.330 e. The Labute approximate surface area is 136 Å². The molecule has 0 aliphatic carbocycles. The number of nitrogens with zero attached hydrogens (tertiary/aromatic N) is 2. The van der Waals surface area contributed by atoms with Gasteiger partial charge in [0.2, 0.25) is 0 Å². The molecule has 1 aromatic rings. The van der Waals surface area contributed by atoms with E-state index in [1.54, 1.807) is 6.92 Å². The van der Waals surface area contributed by atoms with E-state index in [-0.39, 0.29) is 19.7 Å². The monoisotopic (exact) mass is 341 g/mol. The molecule has 0 radical (unpaired) electrons. The molecule has 0 bridgehead atoms. The van der Waals surface area contributed by atoms with Gasteiger partial charge in [-0.2, -0.15) is 0 Å². The highest BCUT2D eigenvalue weighted by Crippen LogP contribution is 2.19. The van der Waals surface area contributed by atoms with E-state index in [1.165, 1.54) is 29.7 Å². The van der Waals surface area contributed by atoms with Crippen LogP contribution in [0.5, 0.6) is 0 Å². The predicted octanol–water partition coefficient (Wildman–Crippen LogP) is -0.914. The van der Waals surface area contributed by atoms with E-state index >= 15 is 0 Å². The number of H-pyrrole nitrogens is 1. The maximum absolute atomic E-state index is 12.0. The van der Waals surface area contributed by atoms with E-state index in [2.05, 4.69) is 4.98 Å². The number of carbonyl (C=O) groups excluding carboxylic acids is 2. The molecule has 1 aliphatic rings. The Bertz CT molecular complexity index is 739. The molecule has 0 saturated carbocycles. The van der Waals surface area contributed by atoms with Crippen molar-refractivity contribution < 1.29 is 23.9 Å². The molecule has 1 aromatic heterocycles. The van der Waals surface area contributed by atoms with Gasteiger partial charge in [-0.25, -0.2) is 4.79 Å². The van der Waals surface area contributed by atoms with Gasteiger partial charge in [0.15, 0.2) is 6.23 Å². The highest BCUT2D eigenvalue weighted by molar-refractivity contribution is 5.66. The summed E-state index contributed by atoms with van der Waals surface area (Å²) in [5.74, 6) is -0.997. The lowest BCUT2D eigenvalue weighted by atomic mass is 10.3. The van der Waals surface area contributed by atoms with Crippen molar-refractivity contribution in [3.05, 3.63) is 32.6 Å². The van der Waals surface area contributed by atoms with Crippen molar-refractivity contribution in [3.8, 4) is 0 Å². The largest absolute Gasteiger partial charge is 0.463 e. The number of nitrogens with one attached hydrogen (secondary N) is 1. The molecule has 0 amide bonds. The highest BCUT2D eigenvalue weighted by Gasteiger charge is 2.32. The molecule has 0 aromatic carbocycles. The first-order valence-electron chi connectivity index (χ1n) is 7.30. The van der Waals surface area contributed by atoms with Crippen LogP contribution in [0.15, 0.2) is 15.8 Å². The Kier molecular flexibility index (Phi) is 5.52. The molecule has 10 heteroatoms. The molecule has 0 unspecified atom stereocenters. The molecule has 1 aliphatic heterocycles. The summed E-state index contributed by atoms with van der Waals surface area (Å²) in [5, 5.41) is 1.33. The quantitative estimate of drug-likeness (QED) is 0.699. The molecular weight excluding hydrogens is 322 g/mol. The molecule has 132 valence electrons. The summed E-state index contributed by atoms with van der Waals surface area (Å²) in [6.07, 6.45) is -0.0562. The van der Waals surface area contributed by atoms with Crippen LogP contribution in [-0.4, -0.2) is 52.4 Å². The van der Waals surface area contributed by atoms with Crippen molar-refractivity contribution >= 4 is 11.9 Å². The van der Waals surface area contributed by atoms with Gasteiger partial charge in [0.1, 0.15) is 12.7 Å². The second-order valence-electron chi connectivity index (χ2n) is 5.42. The lowest BCUT2D eigenvalue weighted by molar-refractivity contribution is -0.244. The third-order valence-corrected chi connectivity index (χ3v) is 3.30. The van der Waals surface area contributed by atoms with Gasteiger partial charge in [0.05, 0.1) is 13.1 Å². The van der Waals surface area contributed by atoms with E-state index in [9.17, 15) is 19.2 Å². The standard InChI is InChI=1S/C14H19N3O7/c1-8-4-17(14(21)15-13(8)20)12-6-16(24-10(3)19)5-11(23-12)7-22-9(2)18/h4,11-12H,5-7H2,1-3H3,(H,15,20,21)/t11-,12+/m1/s1. The van der Waals surface area contributed by atoms with E-state index in [1.807, 2.05) is 0 Å². The van der Waals surface area contributed by atoms with Gasteiger partial charge >= 0.3 is 17.6 Å². The maximum Gasteiger partial charge on any atom is 0.330 e. The van der Waals surface area contributed by atoms with Crippen LogP contribution in [0, 0.1) is 6.92 Å². The Balaban J connectivity index is 2.25. The molecule has 24 heavy (non-hydrogen) atoms. The number of aromatic nitrogens is 2. The average molecular weight is 341 g/mol. The molecule has 1 fully saturated rings. The fourth-order valence-corrected chi connectivity index (χ4v) is 2.30. The fraction of sp³-hybridized carbons (Fsp3) is 0.571. The van der Waals surface area contributed by atoms with Crippen LogP contribution in [0.1, 0.15) is 25.6 Å². The number of aryl methyl sites for hydroxylation is 1. The molecular formula is C14H19N3O7. The number of aromatic amines is 1. The zero-order valence-electron chi connectivity index (χ0n) is 13.6. The fourth-order valence-electron chi connectivity index (χ4n) is 2.30. The van der Waals surface area contributed by atoms with Crippen molar-refractivity contribution in [2.75, 3.05) is 19.7 Å². The number of hydrogen-bond acceptors (Lipinski definition) is 8. The van der Waals surface area contributed by atoms with Crippen molar-refractivity contribution in [1.82, 2.24) is 14.6 Å². The number of hydrogen-bond donors (Lipinski definition) is 1. The molecule has 1 saturated heterocycles. The Morgan fingerprint density at radius 1 is 1.29 bits per heavy atom. The van der Waals surface area contributed by atoms with Crippen LogP contribution in [0.2, 0.25) is 0 Å². The van der Waals surface area contributed by atoms with Crippen LogP contribution in [0.25, 0.3) is 0 Å². The zero-order chi connectivity index (χ0) is 17.9. The van der Waals surface area contributed by atoms with Crippen LogP contribution < -0.4 is 11.2 Å². The SMILES string of the molecule is CC(=O)OC[C@H]1CN(OC(C)=O)C[C@@H](n2cc(C)c(=O)[nH]c2=O)O1. The number of ether oxygens (including phenoxy) is 2. The van der Waals surface area contributed by atoms with Gasteiger partial charge in [0, 0.05) is 25.6 Å². The Hall–Kier alpha value is -2.46. The number of hydroxylamine groups is 2. The number of rotatable bonds is 4. The van der Waals surface area contributed by atoms with Crippen molar-refractivity contribution in [2.45, 2.75) is 33.1 Å². The third kappa shape index (κ3) is 4.52. The molecule has 2 rings (SSSR count). The van der Waals surface area contributed by atoms with Gasteiger partial charge in [-0.05, 0) is 6.92 Å². The molecule has 2 atom stereocenters. The maximum atomic E-state index is 12.0. The average Bonchev–Trinajstić information content (AvgIpc) is 2.48. The predicted molar refractivity (Wildman–Crippen MR) is 79.9 cm³/mol.